The van der Waals surface area contributed by atoms with Crippen LogP contribution >= 0.6 is 0 Å². The quantitative estimate of drug-likeness (QED) is 0.505. The smallest absolute Gasteiger partial charge is 0.221 e. The third-order valence-electron chi connectivity index (χ3n) is 1.54. The van der Waals surface area contributed by atoms with Gasteiger partial charge in [0.15, 0.2) is 0 Å². The van der Waals surface area contributed by atoms with Gasteiger partial charge in [-0.15, -0.1) is 0 Å². The lowest BCUT2D eigenvalue weighted by Gasteiger charge is -2.17. The van der Waals surface area contributed by atoms with Gasteiger partial charge in [0.1, 0.15) is 0 Å². The van der Waals surface area contributed by atoms with Crippen molar-refractivity contribution < 1.29 is 9.59 Å². The van der Waals surface area contributed by atoms with Crippen LogP contribution in [0.3, 0.4) is 0 Å². The zero-order valence-corrected chi connectivity index (χ0v) is 8.80. The normalized spacial score (nSPS) is 11.1. The number of primary amides is 1. The first-order valence-corrected chi connectivity index (χ1v) is 4.65. The number of hydrogen-bond acceptors (Lipinski definition) is 3. The second-order valence-corrected chi connectivity index (χ2v) is 4.09. The van der Waals surface area contributed by atoms with Crippen molar-refractivity contribution in [2.45, 2.75) is 38.6 Å². The fourth-order valence-corrected chi connectivity index (χ4v) is 0.967. The Labute approximate surface area is 84.2 Å². The molecule has 0 aliphatic heterocycles. The Morgan fingerprint density at radius 2 is 1.93 bits per heavy atom. The summed E-state index contributed by atoms with van der Waals surface area (Å²) in [5.41, 5.74) is 10.1. The molecule has 0 heterocycles. The lowest BCUT2D eigenvalue weighted by Crippen LogP contribution is -2.39. The largest absolute Gasteiger partial charge is 0.370 e. The number of nitrogens with two attached hydrogens (primary N) is 2. The van der Waals surface area contributed by atoms with Crippen molar-refractivity contribution >= 4 is 11.8 Å². The van der Waals surface area contributed by atoms with E-state index in [0.29, 0.717) is 19.4 Å². The van der Waals surface area contributed by atoms with Crippen LogP contribution in [-0.2, 0) is 9.59 Å². The van der Waals surface area contributed by atoms with Crippen LogP contribution in [0.1, 0.15) is 33.1 Å². The molecule has 82 valence electrons. The minimum atomic E-state index is -0.492. The molecule has 2 amide bonds. The number of rotatable bonds is 6. The molecule has 0 bridgehead atoms. The topological polar surface area (TPSA) is 98.2 Å². The first kappa shape index (κ1) is 12.9. The van der Waals surface area contributed by atoms with Crippen molar-refractivity contribution in [1.82, 2.24) is 5.32 Å². The summed E-state index contributed by atoms with van der Waals surface area (Å²) in [6, 6.07) is 0. The highest BCUT2D eigenvalue weighted by atomic mass is 16.2. The van der Waals surface area contributed by atoms with Gasteiger partial charge in [-0.1, -0.05) is 0 Å². The Kier molecular flexibility index (Phi) is 5.15. The van der Waals surface area contributed by atoms with E-state index in [-0.39, 0.29) is 18.2 Å². The standard InChI is InChI=1S/C9H19N3O2/c1-9(2,11)6-8(14)12-5-3-4-7(10)13/h3-6,11H2,1-2H3,(H2,10,13)(H,12,14). The highest BCUT2D eigenvalue weighted by molar-refractivity contribution is 5.77. The van der Waals surface area contributed by atoms with Crippen LogP contribution < -0.4 is 16.8 Å². The molecule has 0 atom stereocenters. The molecule has 0 aromatic heterocycles. The number of nitrogens with one attached hydrogen (secondary N) is 1. The number of carbonyl (C=O) groups excluding carboxylic acids is 2. The van der Waals surface area contributed by atoms with E-state index in [1.54, 1.807) is 13.8 Å². The summed E-state index contributed by atoms with van der Waals surface area (Å²) in [6.07, 6.45) is 1.15. The minimum Gasteiger partial charge on any atom is -0.370 e. The van der Waals surface area contributed by atoms with Gasteiger partial charge >= 0.3 is 0 Å². The van der Waals surface area contributed by atoms with E-state index in [4.69, 9.17) is 11.5 Å². The molecule has 0 aliphatic rings. The van der Waals surface area contributed by atoms with Crippen LogP contribution in [0.2, 0.25) is 0 Å². The molecule has 0 aliphatic carbocycles. The predicted octanol–water partition coefficient (Wildman–Crippen LogP) is -0.504. The summed E-state index contributed by atoms with van der Waals surface area (Å²) < 4.78 is 0. The van der Waals surface area contributed by atoms with Crippen LogP contribution in [0.15, 0.2) is 0 Å². The van der Waals surface area contributed by atoms with Gasteiger partial charge in [0.2, 0.25) is 11.8 Å². The molecule has 0 fully saturated rings. The molecule has 5 N–H and O–H groups in total. The van der Waals surface area contributed by atoms with Gasteiger partial charge in [-0.25, -0.2) is 0 Å². The van der Waals surface area contributed by atoms with E-state index in [2.05, 4.69) is 5.32 Å². The maximum absolute atomic E-state index is 11.2. The summed E-state index contributed by atoms with van der Waals surface area (Å²) in [5.74, 6) is -0.444. The summed E-state index contributed by atoms with van der Waals surface area (Å²) in [7, 11) is 0. The molecule has 14 heavy (non-hydrogen) atoms. The molecule has 0 saturated heterocycles. The third-order valence-corrected chi connectivity index (χ3v) is 1.54. The fraction of sp³-hybridized carbons (Fsp3) is 0.778. The van der Waals surface area contributed by atoms with E-state index >= 15 is 0 Å². The van der Waals surface area contributed by atoms with Gasteiger partial charge in [0.25, 0.3) is 0 Å². The molecule has 0 saturated carbocycles. The van der Waals surface area contributed by atoms with Crippen LogP contribution in [0.5, 0.6) is 0 Å². The van der Waals surface area contributed by atoms with Gasteiger partial charge in [0, 0.05) is 24.9 Å². The minimum absolute atomic E-state index is 0.0954. The van der Waals surface area contributed by atoms with Crippen molar-refractivity contribution in [2.75, 3.05) is 6.54 Å². The summed E-state index contributed by atoms with van der Waals surface area (Å²) in [5, 5.41) is 2.67. The monoisotopic (exact) mass is 201 g/mol. The van der Waals surface area contributed by atoms with E-state index in [0.717, 1.165) is 0 Å². The number of carbonyl (C=O) groups is 2. The number of hydrogen-bond donors (Lipinski definition) is 3. The first-order valence-electron chi connectivity index (χ1n) is 4.65. The summed E-state index contributed by atoms with van der Waals surface area (Å²) in [6.45, 7) is 4.05. The molecule has 5 nitrogen and oxygen atoms in total. The molecule has 0 aromatic rings. The molecule has 0 unspecified atom stereocenters. The van der Waals surface area contributed by atoms with E-state index in [9.17, 15) is 9.59 Å². The Bertz CT molecular complexity index is 209. The Morgan fingerprint density at radius 3 is 2.36 bits per heavy atom. The maximum atomic E-state index is 11.2. The van der Waals surface area contributed by atoms with Crippen LogP contribution in [-0.4, -0.2) is 23.9 Å². The summed E-state index contributed by atoms with van der Waals surface area (Å²) in [4.78, 5) is 21.6. The highest BCUT2D eigenvalue weighted by Crippen LogP contribution is 2.02. The van der Waals surface area contributed by atoms with Gasteiger partial charge < -0.3 is 16.8 Å². The molecule has 0 rings (SSSR count). The lowest BCUT2D eigenvalue weighted by atomic mass is 10.0. The molecule has 5 heteroatoms. The molecular weight excluding hydrogens is 182 g/mol. The average Bonchev–Trinajstić information content (AvgIpc) is 1.94. The Morgan fingerprint density at radius 1 is 1.36 bits per heavy atom. The van der Waals surface area contributed by atoms with Crippen molar-refractivity contribution in [2.24, 2.45) is 11.5 Å². The number of amides is 2. The van der Waals surface area contributed by atoms with Crippen LogP contribution in [0.4, 0.5) is 0 Å². The Balaban J connectivity index is 3.50. The van der Waals surface area contributed by atoms with Gasteiger partial charge in [-0.3, -0.25) is 9.59 Å². The van der Waals surface area contributed by atoms with Crippen molar-refractivity contribution in [3.8, 4) is 0 Å². The molecule has 0 spiro atoms. The fourth-order valence-electron chi connectivity index (χ4n) is 0.967. The zero-order valence-electron chi connectivity index (χ0n) is 8.80. The van der Waals surface area contributed by atoms with Crippen molar-refractivity contribution in [1.29, 1.82) is 0 Å². The van der Waals surface area contributed by atoms with Crippen molar-refractivity contribution in [3.63, 3.8) is 0 Å². The lowest BCUT2D eigenvalue weighted by molar-refractivity contribution is -0.122. The third kappa shape index (κ3) is 8.99. The molecule has 0 aromatic carbocycles. The van der Waals surface area contributed by atoms with Crippen molar-refractivity contribution in [3.05, 3.63) is 0 Å². The SMILES string of the molecule is CC(C)(N)CC(=O)NCCCC(N)=O. The molecular formula is C9H19N3O2. The average molecular weight is 201 g/mol. The predicted molar refractivity (Wildman–Crippen MR) is 54.3 cm³/mol. The second kappa shape index (κ2) is 5.59. The molecule has 0 radical (unpaired) electrons. The van der Waals surface area contributed by atoms with Gasteiger partial charge in [0.05, 0.1) is 0 Å². The highest BCUT2D eigenvalue weighted by Gasteiger charge is 2.15. The Hall–Kier alpha value is -1.10. The summed E-state index contributed by atoms with van der Waals surface area (Å²) >= 11 is 0. The van der Waals surface area contributed by atoms with E-state index < -0.39 is 5.54 Å². The van der Waals surface area contributed by atoms with E-state index in [1.807, 2.05) is 0 Å². The van der Waals surface area contributed by atoms with Gasteiger partial charge in [-0.05, 0) is 20.3 Å². The maximum Gasteiger partial charge on any atom is 0.221 e. The van der Waals surface area contributed by atoms with E-state index in [1.165, 1.54) is 0 Å². The second-order valence-electron chi connectivity index (χ2n) is 4.09. The zero-order chi connectivity index (χ0) is 11.2. The van der Waals surface area contributed by atoms with Crippen LogP contribution in [0, 0.1) is 0 Å². The first-order chi connectivity index (χ1) is 6.31. The van der Waals surface area contributed by atoms with Crippen LogP contribution in [0.25, 0.3) is 0 Å². The van der Waals surface area contributed by atoms with Gasteiger partial charge in [-0.2, -0.15) is 0 Å².